The van der Waals surface area contributed by atoms with E-state index < -0.39 is 0 Å². The first-order valence-corrected chi connectivity index (χ1v) is 7.58. The van der Waals surface area contributed by atoms with Crippen molar-refractivity contribution in [1.29, 1.82) is 0 Å². The molecular weight excluding hydrogens is 264 g/mol. The van der Waals surface area contributed by atoms with Crippen LogP contribution in [0, 0.1) is 11.8 Å². The van der Waals surface area contributed by atoms with Crippen molar-refractivity contribution >= 4 is 6.03 Å². The van der Waals surface area contributed by atoms with Crippen LogP contribution in [-0.2, 0) is 6.54 Å². The van der Waals surface area contributed by atoms with Crippen molar-refractivity contribution in [3.05, 3.63) is 29.8 Å². The van der Waals surface area contributed by atoms with Gasteiger partial charge in [0.25, 0.3) is 0 Å². The maximum atomic E-state index is 12.3. The maximum Gasteiger partial charge on any atom is 0.317 e. The van der Waals surface area contributed by atoms with E-state index in [9.17, 15) is 4.79 Å². The minimum atomic E-state index is 0.000204. The summed E-state index contributed by atoms with van der Waals surface area (Å²) < 4.78 is 5.19. The summed E-state index contributed by atoms with van der Waals surface area (Å²) in [5.41, 5.74) is 1.04. The van der Waals surface area contributed by atoms with Gasteiger partial charge in [0.2, 0.25) is 0 Å². The van der Waals surface area contributed by atoms with Gasteiger partial charge in [-0.25, -0.2) is 4.79 Å². The molecule has 0 heterocycles. The van der Waals surface area contributed by atoms with Gasteiger partial charge in [0.05, 0.1) is 7.11 Å². The number of methoxy groups -OCH3 is 1. The van der Waals surface area contributed by atoms with Gasteiger partial charge in [0, 0.05) is 19.6 Å². The van der Waals surface area contributed by atoms with E-state index in [4.69, 9.17) is 4.74 Å². The minimum absolute atomic E-state index is 0.000204. The molecule has 1 aromatic rings. The fraction of sp³-hybridized carbons (Fsp3) is 0.588. The summed E-state index contributed by atoms with van der Waals surface area (Å²) in [4.78, 5) is 14.2. The highest BCUT2D eigenvalue weighted by Crippen LogP contribution is 2.12. The van der Waals surface area contributed by atoms with Crippen molar-refractivity contribution in [2.24, 2.45) is 11.8 Å². The summed E-state index contributed by atoms with van der Waals surface area (Å²) in [5.74, 6) is 1.74. The number of benzene rings is 1. The third kappa shape index (κ3) is 6.52. The standard InChI is InChI=1S/C17H28N2O2/c1-13(2)11-19(12-14(3)4)17(20)18-10-15-7-6-8-16(9-15)21-5/h6-9,13-14H,10-12H2,1-5H3,(H,18,20). The number of nitrogens with one attached hydrogen (secondary N) is 1. The van der Waals surface area contributed by atoms with Crippen molar-refractivity contribution < 1.29 is 9.53 Å². The first-order valence-electron chi connectivity index (χ1n) is 7.58. The first-order chi connectivity index (χ1) is 9.92. The third-order valence-electron chi connectivity index (χ3n) is 3.04. The normalized spacial score (nSPS) is 10.8. The molecule has 4 nitrogen and oxygen atoms in total. The lowest BCUT2D eigenvalue weighted by Gasteiger charge is -2.26. The summed E-state index contributed by atoms with van der Waals surface area (Å²) in [7, 11) is 1.64. The van der Waals surface area contributed by atoms with Gasteiger partial charge in [-0.3, -0.25) is 0 Å². The summed E-state index contributed by atoms with van der Waals surface area (Å²) in [5, 5.41) is 2.99. The van der Waals surface area contributed by atoms with Gasteiger partial charge in [0.1, 0.15) is 5.75 Å². The fourth-order valence-electron chi connectivity index (χ4n) is 2.19. The topological polar surface area (TPSA) is 41.6 Å². The van der Waals surface area contributed by atoms with Crippen LogP contribution in [0.3, 0.4) is 0 Å². The van der Waals surface area contributed by atoms with Gasteiger partial charge in [-0.2, -0.15) is 0 Å². The molecule has 2 amide bonds. The van der Waals surface area contributed by atoms with E-state index in [0.717, 1.165) is 24.4 Å². The molecule has 0 fully saturated rings. The van der Waals surface area contributed by atoms with E-state index in [2.05, 4.69) is 33.0 Å². The van der Waals surface area contributed by atoms with Crippen LogP contribution in [0.1, 0.15) is 33.3 Å². The number of carbonyl (C=O) groups excluding carboxylic acids is 1. The predicted octanol–water partition coefficient (Wildman–Crippen LogP) is 3.52. The molecule has 21 heavy (non-hydrogen) atoms. The zero-order valence-electron chi connectivity index (χ0n) is 13.8. The van der Waals surface area contributed by atoms with Crippen molar-refractivity contribution in [3.63, 3.8) is 0 Å². The fourth-order valence-corrected chi connectivity index (χ4v) is 2.19. The molecule has 0 aromatic heterocycles. The molecule has 118 valence electrons. The van der Waals surface area contributed by atoms with Crippen molar-refractivity contribution in [2.45, 2.75) is 34.2 Å². The Labute approximate surface area is 128 Å². The van der Waals surface area contributed by atoms with E-state index in [1.54, 1.807) is 7.11 Å². The molecule has 0 spiro atoms. The Balaban J connectivity index is 2.59. The average Bonchev–Trinajstić information content (AvgIpc) is 2.43. The average molecular weight is 292 g/mol. The van der Waals surface area contributed by atoms with Crippen molar-refractivity contribution in [3.8, 4) is 5.75 Å². The molecule has 0 saturated carbocycles. The van der Waals surface area contributed by atoms with E-state index >= 15 is 0 Å². The Kier molecular flexibility index (Phi) is 7.06. The number of urea groups is 1. The highest BCUT2D eigenvalue weighted by molar-refractivity contribution is 5.74. The second-order valence-electron chi connectivity index (χ2n) is 6.20. The van der Waals surface area contributed by atoms with Crippen molar-refractivity contribution in [2.75, 3.05) is 20.2 Å². The lowest BCUT2D eigenvalue weighted by atomic mass is 10.1. The number of carbonyl (C=O) groups is 1. The summed E-state index contributed by atoms with van der Waals surface area (Å²) in [6, 6.07) is 7.75. The second-order valence-corrected chi connectivity index (χ2v) is 6.20. The van der Waals surface area contributed by atoms with Crippen LogP contribution in [0.4, 0.5) is 4.79 Å². The number of amides is 2. The zero-order chi connectivity index (χ0) is 15.8. The van der Waals surface area contributed by atoms with Crippen LogP contribution in [0.5, 0.6) is 5.75 Å². The van der Waals surface area contributed by atoms with E-state index in [1.807, 2.05) is 29.2 Å². The van der Waals surface area contributed by atoms with Gasteiger partial charge in [0.15, 0.2) is 0 Å². The lowest BCUT2D eigenvalue weighted by Crippen LogP contribution is -2.43. The van der Waals surface area contributed by atoms with Gasteiger partial charge >= 0.3 is 6.03 Å². The molecule has 4 heteroatoms. The van der Waals surface area contributed by atoms with Crippen LogP contribution in [0.25, 0.3) is 0 Å². The molecular formula is C17H28N2O2. The maximum absolute atomic E-state index is 12.3. The van der Waals surface area contributed by atoms with E-state index in [0.29, 0.717) is 18.4 Å². The molecule has 1 rings (SSSR count). The highest BCUT2D eigenvalue weighted by Gasteiger charge is 2.15. The number of rotatable bonds is 7. The van der Waals surface area contributed by atoms with Gasteiger partial charge < -0.3 is 15.0 Å². The predicted molar refractivity (Wildman–Crippen MR) is 86.5 cm³/mol. The zero-order valence-corrected chi connectivity index (χ0v) is 13.8. The molecule has 0 radical (unpaired) electrons. The molecule has 0 bridgehead atoms. The summed E-state index contributed by atoms with van der Waals surface area (Å²) in [6.07, 6.45) is 0. The van der Waals surface area contributed by atoms with Crippen LogP contribution in [0.15, 0.2) is 24.3 Å². The second kappa shape index (κ2) is 8.55. The molecule has 0 aliphatic carbocycles. The van der Waals surface area contributed by atoms with Crippen LogP contribution < -0.4 is 10.1 Å². The quantitative estimate of drug-likeness (QED) is 0.835. The van der Waals surface area contributed by atoms with E-state index in [-0.39, 0.29) is 6.03 Å². The van der Waals surface area contributed by atoms with Crippen LogP contribution in [-0.4, -0.2) is 31.1 Å². The molecule has 0 unspecified atom stereocenters. The summed E-state index contributed by atoms with van der Waals surface area (Å²) in [6.45, 7) is 10.6. The molecule has 1 aromatic carbocycles. The van der Waals surface area contributed by atoms with Crippen LogP contribution >= 0.6 is 0 Å². The number of hydrogen-bond donors (Lipinski definition) is 1. The van der Waals surface area contributed by atoms with E-state index in [1.165, 1.54) is 0 Å². The number of nitrogens with zero attached hydrogens (tertiary/aromatic N) is 1. The Morgan fingerprint density at radius 2 is 1.81 bits per heavy atom. The molecule has 0 aliphatic heterocycles. The Bertz CT molecular complexity index is 434. The first kappa shape index (κ1) is 17.3. The van der Waals surface area contributed by atoms with Gasteiger partial charge in [-0.05, 0) is 29.5 Å². The summed E-state index contributed by atoms with van der Waals surface area (Å²) >= 11 is 0. The Hall–Kier alpha value is -1.71. The van der Waals surface area contributed by atoms with Crippen LogP contribution in [0.2, 0.25) is 0 Å². The Morgan fingerprint density at radius 1 is 1.19 bits per heavy atom. The molecule has 0 aliphatic rings. The highest BCUT2D eigenvalue weighted by atomic mass is 16.5. The monoisotopic (exact) mass is 292 g/mol. The third-order valence-corrected chi connectivity index (χ3v) is 3.04. The lowest BCUT2D eigenvalue weighted by molar-refractivity contribution is 0.183. The molecule has 1 N–H and O–H groups in total. The van der Waals surface area contributed by atoms with Gasteiger partial charge in [-0.15, -0.1) is 0 Å². The minimum Gasteiger partial charge on any atom is -0.497 e. The smallest absolute Gasteiger partial charge is 0.317 e. The SMILES string of the molecule is COc1cccc(CNC(=O)N(CC(C)C)CC(C)C)c1. The molecule has 0 saturated heterocycles. The largest absolute Gasteiger partial charge is 0.497 e. The Morgan fingerprint density at radius 3 is 2.33 bits per heavy atom. The van der Waals surface area contributed by atoms with Crippen molar-refractivity contribution in [1.82, 2.24) is 10.2 Å². The number of ether oxygens (including phenoxy) is 1. The molecule has 0 atom stereocenters. The number of hydrogen-bond acceptors (Lipinski definition) is 2. The van der Waals surface area contributed by atoms with Gasteiger partial charge in [-0.1, -0.05) is 39.8 Å².